The SMILES string of the molecule is Cc1cccc2nc(NCCCN)oc12. The molecule has 0 saturated carbocycles. The van der Waals surface area contributed by atoms with E-state index in [2.05, 4.69) is 10.3 Å². The van der Waals surface area contributed by atoms with Crippen LogP contribution in [0.25, 0.3) is 11.1 Å². The number of hydrogen-bond acceptors (Lipinski definition) is 4. The number of aromatic nitrogens is 1. The molecule has 2 rings (SSSR count). The van der Waals surface area contributed by atoms with Crippen molar-refractivity contribution in [3.05, 3.63) is 23.8 Å². The van der Waals surface area contributed by atoms with E-state index in [0.29, 0.717) is 12.6 Å². The van der Waals surface area contributed by atoms with Gasteiger partial charge in [-0.25, -0.2) is 0 Å². The minimum absolute atomic E-state index is 0.577. The highest BCUT2D eigenvalue weighted by Crippen LogP contribution is 2.21. The molecule has 1 aromatic heterocycles. The van der Waals surface area contributed by atoms with Gasteiger partial charge in [-0.3, -0.25) is 0 Å². The first-order valence-electron chi connectivity index (χ1n) is 5.11. The molecule has 0 saturated heterocycles. The Morgan fingerprint density at radius 3 is 3.07 bits per heavy atom. The Hall–Kier alpha value is -1.55. The monoisotopic (exact) mass is 205 g/mol. The van der Waals surface area contributed by atoms with E-state index in [9.17, 15) is 0 Å². The molecule has 0 radical (unpaired) electrons. The number of oxazole rings is 1. The average Bonchev–Trinajstić information content (AvgIpc) is 2.63. The molecule has 3 N–H and O–H groups in total. The van der Waals surface area contributed by atoms with Crippen molar-refractivity contribution in [2.75, 3.05) is 18.4 Å². The molecule has 4 heteroatoms. The largest absolute Gasteiger partial charge is 0.423 e. The molecular weight excluding hydrogens is 190 g/mol. The Kier molecular flexibility index (Phi) is 2.87. The van der Waals surface area contributed by atoms with Crippen molar-refractivity contribution in [2.45, 2.75) is 13.3 Å². The molecule has 1 aromatic carbocycles. The highest BCUT2D eigenvalue weighted by Gasteiger charge is 2.05. The zero-order chi connectivity index (χ0) is 10.7. The molecule has 2 aromatic rings. The molecule has 0 aliphatic heterocycles. The normalized spacial score (nSPS) is 10.8. The van der Waals surface area contributed by atoms with Crippen LogP contribution < -0.4 is 11.1 Å². The fourth-order valence-corrected chi connectivity index (χ4v) is 1.46. The summed E-state index contributed by atoms with van der Waals surface area (Å²) in [5.41, 5.74) is 8.25. The summed E-state index contributed by atoms with van der Waals surface area (Å²) in [6.45, 7) is 3.48. The summed E-state index contributed by atoms with van der Waals surface area (Å²) in [6, 6.07) is 6.51. The van der Waals surface area contributed by atoms with Gasteiger partial charge in [0.05, 0.1) is 0 Å². The molecule has 0 atom stereocenters. The van der Waals surface area contributed by atoms with Gasteiger partial charge in [0, 0.05) is 6.54 Å². The van der Waals surface area contributed by atoms with E-state index < -0.39 is 0 Å². The molecule has 0 spiro atoms. The van der Waals surface area contributed by atoms with Crippen molar-refractivity contribution in [3.63, 3.8) is 0 Å². The van der Waals surface area contributed by atoms with Crippen LogP contribution in [0.5, 0.6) is 0 Å². The third-order valence-electron chi connectivity index (χ3n) is 2.27. The number of nitrogens with zero attached hydrogens (tertiary/aromatic N) is 1. The van der Waals surface area contributed by atoms with Crippen LogP contribution >= 0.6 is 0 Å². The standard InChI is InChI=1S/C11H15N3O/c1-8-4-2-5-9-10(8)15-11(14-9)13-7-3-6-12/h2,4-5H,3,6-7,12H2,1H3,(H,13,14). The second-order valence-corrected chi connectivity index (χ2v) is 3.51. The predicted octanol–water partition coefficient (Wildman–Crippen LogP) is 1.90. The van der Waals surface area contributed by atoms with Crippen LogP contribution in [0.3, 0.4) is 0 Å². The summed E-state index contributed by atoms with van der Waals surface area (Å²) in [5, 5.41) is 3.10. The molecule has 80 valence electrons. The van der Waals surface area contributed by atoms with E-state index in [-0.39, 0.29) is 0 Å². The Labute approximate surface area is 88.5 Å². The number of anilines is 1. The molecular formula is C11H15N3O. The highest BCUT2D eigenvalue weighted by molar-refractivity contribution is 5.77. The van der Waals surface area contributed by atoms with E-state index in [1.54, 1.807) is 0 Å². The predicted molar refractivity (Wildman–Crippen MR) is 60.9 cm³/mol. The van der Waals surface area contributed by atoms with Gasteiger partial charge in [-0.1, -0.05) is 12.1 Å². The lowest BCUT2D eigenvalue weighted by molar-refractivity contribution is 0.610. The molecule has 0 fully saturated rings. The third kappa shape index (κ3) is 2.10. The second kappa shape index (κ2) is 4.31. The number of hydrogen-bond donors (Lipinski definition) is 2. The quantitative estimate of drug-likeness (QED) is 0.748. The van der Waals surface area contributed by atoms with Gasteiger partial charge >= 0.3 is 0 Å². The minimum atomic E-state index is 0.577. The van der Waals surface area contributed by atoms with Crippen molar-refractivity contribution < 1.29 is 4.42 Å². The molecule has 0 bridgehead atoms. The van der Waals surface area contributed by atoms with Crippen molar-refractivity contribution in [1.82, 2.24) is 4.98 Å². The summed E-state index contributed by atoms with van der Waals surface area (Å²) >= 11 is 0. The van der Waals surface area contributed by atoms with Gasteiger partial charge in [0.1, 0.15) is 5.52 Å². The fourth-order valence-electron chi connectivity index (χ4n) is 1.46. The van der Waals surface area contributed by atoms with Gasteiger partial charge in [0.15, 0.2) is 5.58 Å². The maximum absolute atomic E-state index is 5.58. The summed E-state index contributed by atoms with van der Waals surface area (Å²) < 4.78 is 5.58. The number of rotatable bonds is 4. The van der Waals surface area contributed by atoms with E-state index in [1.807, 2.05) is 25.1 Å². The smallest absolute Gasteiger partial charge is 0.295 e. The summed E-state index contributed by atoms with van der Waals surface area (Å²) in [4.78, 5) is 4.33. The van der Waals surface area contributed by atoms with Crippen molar-refractivity contribution in [1.29, 1.82) is 0 Å². The van der Waals surface area contributed by atoms with Crippen molar-refractivity contribution in [2.24, 2.45) is 5.73 Å². The Balaban J connectivity index is 2.20. The van der Waals surface area contributed by atoms with Crippen LogP contribution in [-0.2, 0) is 0 Å². The lowest BCUT2D eigenvalue weighted by Gasteiger charge is -1.97. The van der Waals surface area contributed by atoms with Crippen LogP contribution in [-0.4, -0.2) is 18.1 Å². The van der Waals surface area contributed by atoms with Gasteiger partial charge in [0.25, 0.3) is 6.01 Å². The van der Waals surface area contributed by atoms with Crippen LogP contribution in [0.1, 0.15) is 12.0 Å². The van der Waals surface area contributed by atoms with Gasteiger partial charge < -0.3 is 15.5 Å². The Morgan fingerprint density at radius 1 is 1.47 bits per heavy atom. The molecule has 15 heavy (non-hydrogen) atoms. The summed E-state index contributed by atoms with van der Waals surface area (Å²) in [7, 11) is 0. The van der Waals surface area contributed by atoms with E-state index in [4.69, 9.17) is 10.2 Å². The zero-order valence-corrected chi connectivity index (χ0v) is 8.79. The first-order valence-corrected chi connectivity index (χ1v) is 5.11. The van der Waals surface area contributed by atoms with Crippen LogP contribution in [0.2, 0.25) is 0 Å². The Morgan fingerprint density at radius 2 is 2.33 bits per heavy atom. The molecule has 1 heterocycles. The topological polar surface area (TPSA) is 64.1 Å². The van der Waals surface area contributed by atoms with Gasteiger partial charge in [-0.15, -0.1) is 0 Å². The molecule has 0 aliphatic rings. The number of nitrogens with one attached hydrogen (secondary N) is 1. The van der Waals surface area contributed by atoms with Crippen LogP contribution in [0.4, 0.5) is 6.01 Å². The molecule has 0 unspecified atom stereocenters. The molecule has 0 aliphatic carbocycles. The molecule has 0 amide bonds. The number of benzene rings is 1. The van der Waals surface area contributed by atoms with Crippen LogP contribution in [0, 0.1) is 6.92 Å². The highest BCUT2D eigenvalue weighted by atomic mass is 16.4. The second-order valence-electron chi connectivity index (χ2n) is 3.51. The van der Waals surface area contributed by atoms with E-state index in [1.165, 1.54) is 0 Å². The number of aryl methyl sites for hydroxylation is 1. The van der Waals surface area contributed by atoms with Gasteiger partial charge in [0.2, 0.25) is 0 Å². The average molecular weight is 205 g/mol. The van der Waals surface area contributed by atoms with Crippen molar-refractivity contribution in [3.8, 4) is 0 Å². The van der Waals surface area contributed by atoms with E-state index in [0.717, 1.165) is 29.6 Å². The van der Waals surface area contributed by atoms with Crippen molar-refractivity contribution >= 4 is 17.1 Å². The zero-order valence-electron chi connectivity index (χ0n) is 8.79. The number of para-hydroxylation sites is 1. The third-order valence-corrected chi connectivity index (χ3v) is 2.27. The Bertz CT molecular complexity index is 450. The summed E-state index contributed by atoms with van der Waals surface area (Å²) in [6.07, 6.45) is 0.914. The van der Waals surface area contributed by atoms with Gasteiger partial charge in [-0.2, -0.15) is 4.98 Å². The lowest BCUT2D eigenvalue weighted by atomic mass is 10.2. The number of fused-ring (bicyclic) bond motifs is 1. The van der Waals surface area contributed by atoms with Gasteiger partial charge in [-0.05, 0) is 31.5 Å². The molecule has 4 nitrogen and oxygen atoms in total. The summed E-state index contributed by atoms with van der Waals surface area (Å²) in [5.74, 6) is 0. The number of nitrogens with two attached hydrogens (primary N) is 1. The maximum Gasteiger partial charge on any atom is 0.295 e. The minimum Gasteiger partial charge on any atom is -0.423 e. The lowest BCUT2D eigenvalue weighted by Crippen LogP contribution is -2.08. The first kappa shape index (κ1) is 9.98. The fraction of sp³-hybridized carbons (Fsp3) is 0.364. The maximum atomic E-state index is 5.58. The first-order chi connectivity index (χ1) is 7.31. The van der Waals surface area contributed by atoms with E-state index >= 15 is 0 Å². The van der Waals surface area contributed by atoms with Crippen LogP contribution in [0.15, 0.2) is 22.6 Å².